The number of hydrogen-bond acceptors (Lipinski definition) is 3. The van der Waals surface area contributed by atoms with Gasteiger partial charge in [-0.3, -0.25) is 4.79 Å². The Labute approximate surface area is 256 Å². The number of fused-ring (bicyclic) bond motifs is 1. The van der Waals surface area contributed by atoms with Gasteiger partial charge in [0.1, 0.15) is 5.76 Å². The minimum Gasteiger partial charge on any atom is -0.512 e. The van der Waals surface area contributed by atoms with Crippen molar-refractivity contribution in [2.24, 2.45) is 16.7 Å². The van der Waals surface area contributed by atoms with Gasteiger partial charge in [-0.2, -0.15) is 0 Å². The Bertz CT molecular complexity index is 1330. The predicted molar refractivity (Wildman–Crippen MR) is 165 cm³/mol. The summed E-state index contributed by atoms with van der Waals surface area (Å²) in [4.78, 5) is 16.3. The Hall–Kier alpha value is -2.29. The summed E-state index contributed by atoms with van der Waals surface area (Å²) in [6.07, 6.45) is 8.93. The Morgan fingerprint density at radius 1 is 0.975 bits per heavy atom. The third-order valence-corrected chi connectivity index (χ3v) is 7.92. The van der Waals surface area contributed by atoms with Crippen molar-refractivity contribution in [3.05, 3.63) is 76.7 Å². The van der Waals surface area contributed by atoms with Crippen LogP contribution in [0.5, 0.6) is 0 Å². The van der Waals surface area contributed by atoms with Gasteiger partial charge in [0.15, 0.2) is 5.78 Å². The molecule has 0 aliphatic heterocycles. The minimum absolute atomic E-state index is 0. The van der Waals surface area contributed by atoms with Crippen molar-refractivity contribution in [2.75, 3.05) is 0 Å². The van der Waals surface area contributed by atoms with Crippen LogP contribution >= 0.6 is 0 Å². The van der Waals surface area contributed by atoms with Crippen LogP contribution in [0.4, 0.5) is 0 Å². The number of pyridine rings is 1. The fourth-order valence-corrected chi connectivity index (χ4v) is 5.20. The maximum atomic E-state index is 11.5. The van der Waals surface area contributed by atoms with Gasteiger partial charge >= 0.3 is 0 Å². The van der Waals surface area contributed by atoms with Crippen LogP contribution < -0.4 is 0 Å². The first-order valence-electron chi connectivity index (χ1n) is 14.4. The average molecular weight is 719 g/mol. The van der Waals surface area contributed by atoms with Gasteiger partial charge in [-0.15, -0.1) is 34.9 Å². The average Bonchev–Trinajstić information content (AvgIpc) is 3.37. The van der Waals surface area contributed by atoms with Gasteiger partial charge in [0, 0.05) is 43.2 Å². The number of benzene rings is 2. The van der Waals surface area contributed by atoms with Gasteiger partial charge in [0.25, 0.3) is 0 Å². The molecule has 0 bridgehead atoms. The number of carbonyl (C=O) groups excluding carboxylic acids is 1. The molecule has 219 valence electrons. The third kappa shape index (κ3) is 8.60. The second-order valence-corrected chi connectivity index (χ2v) is 13.6. The molecule has 0 amide bonds. The number of rotatable bonds is 4. The predicted octanol–water partition coefficient (Wildman–Crippen LogP) is 10.0. The maximum absolute atomic E-state index is 11.5. The van der Waals surface area contributed by atoms with Crippen LogP contribution in [0.15, 0.2) is 48.4 Å². The minimum atomic E-state index is -0.417. The van der Waals surface area contributed by atoms with Gasteiger partial charge in [0.2, 0.25) is 0 Å². The van der Waals surface area contributed by atoms with E-state index >= 15 is 0 Å². The maximum Gasteiger partial charge on any atom is 0.164 e. The quantitative estimate of drug-likeness (QED) is 0.166. The van der Waals surface area contributed by atoms with Crippen molar-refractivity contribution < 1.29 is 30.0 Å². The van der Waals surface area contributed by atoms with Gasteiger partial charge in [0.05, 0.1) is 0 Å². The molecule has 1 N–H and O–H groups in total. The molecule has 1 heterocycles. The zero-order valence-corrected chi connectivity index (χ0v) is 28.6. The molecule has 1 unspecified atom stereocenters. The van der Waals surface area contributed by atoms with Gasteiger partial charge < -0.3 is 10.1 Å². The van der Waals surface area contributed by atoms with E-state index in [1.807, 2.05) is 47.7 Å². The van der Waals surface area contributed by atoms with E-state index in [2.05, 4.69) is 64.1 Å². The van der Waals surface area contributed by atoms with E-state index in [0.717, 1.165) is 17.2 Å². The largest absolute Gasteiger partial charge is 0.512 e. The first-order chi connectivity index (χ1) is 18.1. The summed E-state index contributed by atoms with van der Waals surface area (Å²) in [5.41, 5.74) is 6.56. The van der Waals surface area contributed by atoms with Crippen molar-refractivity contribution >= 4 is 16.6 Å². The van der Waals surface area contributed by atoms with Gasteiger partial charge in [-0.25, -0.2) is 0 Å². The van der Waals surface area contributed by atoms with Crippen molar-refractivity contribution in [1.82, 2.24) is 4.98 Å². The van der Waals surface area contributed by atoms with E-state index in [4.69, 9.17) is 4.98 Å². The van der Waals surface area contributed by atoms with Crippen molar-refractivity contribution in [1.29, 1.82) is 0 Å². The van der Waals surface area contributed by atoms with Crippen molar-refractivity contribution in [2.45, 2.75) is 101 Å². The molecule has 3 aromatic rings. The fraction of sp³-hybridized carbons (Fsp3) is 0.500. The summed E-state index contributed by atoms with van der Waals surface area (Å²) in [5, 5.41) is 12.1. The number of allylic oxidation sites excluding steroid dienone is 2. The molecular formula is C36H48IrNO2-. The molecule has 1 aliphatic rings. The Morgan fingerprint density at radius 3 is 2.15 bits per heavy atom. The standard InChI is InChI=1S/C25H28N.C11H20O2.Ir/c1-16-11-17(2)13-22(12-16)25-23-10-9-21(14-24(23)18(3)15-26-25)19(4)20-7-5-6-8-20;1-10(2,3)8(12)7-9(13)11(4,5)6;/h9-12,14-15,19-20H,5-8H2,1-4H3;7,12H,1-6H3;/q-1;;. The van der Waals surface area contributed by atoms with E-state index in [1.54, 1.807) is 0 Å². The van der Waals surface area contributed by atoms with Crippen molar-refractivity contribution in [3.8, 4) is 11.3 Å². The molecule has 40 heavy (non-hydrogen) atoms. The molecule has 4 heteroatoms. The number of carbonyl (C=O) groups is 1. The molecule has 0 spiro atoms. The second-order valence-electron chi connectivity index (χ2n) is 13.6. The molecule has 2 aromatic carbocycles. The van der Waals surface area contributed by atoms with Crippen molar-refractivity contribution in [3.63, 3.8) is 0 Å². The normalized spacial score (nSPS) is 15.3. The number of aliphatic hydroxyl groups excluding tert-OH is 1. The molecule has 4 rings (SSSR count). The number of aliphatic hydroxyl groups is 1. The summed E-state index contributed by atoms with van der Waals surface area (Å²) in [6.45, 7) is 19.9. The van der Waals surface area contributed by atoms with E-state index in [1.165, 1.54) is 64.8 Å². The van der Waals surface area contributed by atoms with E-state index in [9.17, 15) is 9.90 Å². The Kier molecular flexibility index (Phi) is 11.5. The zero-order valence-electron chi connectivity index (χ0n) is 26.2. The second kappa shape index (κ2) is 13.6. The number of nitrogens with zero attached hydrogens (tertiary/aromatic N) is 1. The van der Waals surface area contributed by atoms with Crippen LogP contribution in [0.1, 0.15) is 102 Å². The summed E-state index contributed by atoms with van der Waals surface area (Å²) in [5.74, 6) is 1.60. The van der Waals surface area contributed by atoms with Crippen LogP contribution in [0.25, 0.3) is 22.0 Å². The zero-order chi connectivity index (χ0) is 29.1. The molecule has 1 saturated carbocycles. The number of aromatic nitrogens is 1. The summed E-state index contributed by atoms with van der Waals surface area (Å²) in [7, 11) is 0. The van der Waals surface area contributed by atoms with Crippen LogP contribution in [0.2, 0.25) is 0 Å². The first-order valence-corrected chi connectivity index (χ1v) is 14.4. The van der Waals surface area contributed by atoms with Crippen LogP contribution in [-0.2, 0) is 24.9 Å². The molecule has 1 aliphatic carbocycles. The van der Waals surface area contributed by atoms with E-state index < -0.39 is 5.41 Å². The van der Waals surface area contributed by atoms with Crippen LogP contribution in [0, 0.1) is 43.6 Å². The first kappa shape index (κ1) is 33.9. The summed E-state index contributed by atoms with van der Waals surface area (Å²) in [6, 6.07) is 14.9. The smallest absolute Gasteiger partial charge is 0.164 e. The Morgan fingerprint density at radius 2 is 1.60 bits per heavy atom. The Balaban J connectivity index is 0.000000344. The SMILES string of the molecule is CC(C)(C)C(=O)C=C(O)C(C)(C)C.Cc1[c-]c(-c2ncc(C)c3cc(C(C)C4CCCC4)ccc23)cc(C)c1.[Ir]. The number of aryl methyl sites for hydroxylation is 3. The summed E-state index contributed by atoms with van der Waals surface area (Å²) >= 11 is 0. The number of ketones is 1. The fourth-order valence-electron chi connectivity index (χ4n) is 5.20. The molecule has 1 radical (unpaired) electrons. The molecule has 1 aromatic heterocycles. The van der Waals surface area contributed by atoms with E-state index in [-0.39, 0.29) is 37.1 Å². The molecule has 0 saturated heterocycles. The topological polar surface area (TPSA) is 50.2 Å². The monoisotopic (exact) mass is 719 g/mol. The van der Waals surface area contributed by atoms with Gasteiger partial charge in [-0.05, 0) is 59.2 Å². The molecule has 1 fully saturated rings. The molecule has 3 nitrogen and oxygen atoms in total. The van der Waals surface area contributed by atoms with Crippen LogP contribution in [-0.4, -0.2) is 15.9 Å². The number of hydrogen-bond donors (Lipinski definition) is 1. The summed E-state index contributed by atoms with van der Waals surface area (Å²) < 4.78 is 0. The van der Waals surface area contributed by atoms with Crippen LogP contribution in [0.3, 0.4) is 0 Å². The van der Waals surface area contributed by atoms with E-state index in [0.29, 0.717) is 5.92 Å². The molecular weight excluding hydrogens is 671 g/mol. The molecule has 1 atom stereocenters. The third-order valence-electron chi connectivity index (χ3n) is 7.92. The van der Waals surface area contributed by atoms with Gasteiger partial charge in [-0.1, -0.05) is 93.4 Å².